The molecule has 16 heavy (non-hydrogen) atoms. The number of aliphatic hydroxyl groups is 1. The average Bonchev–Trinajstić information content (AvgIpc) is 2.26. The Labute approximate surface area is 102 Å². The minimum Gasteiger partial charge on any atom is -0.390 e. The van der Waals surface area contributed by atoms with Crippen molar-refractivity contribution in [2.75, 3.05) is 18.0 Å². The molecule has 0 aromatic carbocycles. The van der Waals surface area contributed by atoms with Gasteiger partial charge in [0, 0.05) is 13.1 Å². The largest absolute Gasteiger partial charge is 0.390 e. The number of hydrogen-bond acceptors (Lipinski definition) is 3. The zero-order valence-corrected chi connectivity index (χ0v) is 10.8. The van der Waals surface area contributed by atoms with Crippen LogP contribution in [0.2, 0.25) is 5.02 Å². The molecule has 0 radical (unpaired) electrons. The van der Waals surface area contributed by atoms with Crippen LogP contribution >= 0.6 is 11.6 Å². The monoisotopic (exact) mass is 242 g/mol. The van der Waals surface area contributed by atoms with E-state index in [2.05, 4.69) is 30.7 Å². The molecule has 1 aromatic heterocycles. The van der Waals surface area contributed by atoms with E-state index in [9.17, 15) is 0 Å². The number of hydrogen-bond donors (Lipinski definition) is 1. The van der Waals surface area contributed by atoms with Gasteiger partial charge in [-0.3, -0.25) is 0 Å². The molecular weight excluding hydrogens is 224 g/mol. The molecule has 0 unspecified atom stereocenters. The third-order valence-corrected chi connectivity index (χ3v) is 2.69. The molecule has 0 amide bonds. The lowest BCUT2D eigenvalue weighted by molar-refractivity contribution is 0.277. The van der Waals surface area contributed by atoms with Crippen LogP contribution in [-0.2, 0) is 6.61 Å². The molecule has 1 aromatic rings. The van der Waals surface area contributed by atoms with Crippen LogP contribution in [0.4, 0.5) is 5.82 Å². The van der Waals surface area contributed by atoms with Gasteiger partial charge in [-0.15, -0.1) is 0 Å². The van der Waals surface area contributed by atoms with E-state index in [4.69, 9.17) is 16.7 Å². The third kappa shape index (κ3) is 3.35. The van der Waals surface area contributed by atoms with E-state index in [1.165, 1.54) is 0 Å². The van der Waals surface area contributed by atoms with E-state index >= 15 is 0 Å². The average molecular weight is 243 g/mol. The minimum atomic E-state index is -0.119. The molecule has 0 saturated heterocycles. The van der Waals surface area contributed by atoms with Crippen LogP contribution < -0.4 is 4.90 Å². The van der Waals surface area contributed by atoms with Crippen LogP contribution in [0, 0.1) is 5.92 Å². The summed E-state index contributed by atoms with van der Waals surface area (Å²) in [6, 6.07) is 3.69. The molecule has 0 atom stereocenters. The van der Waals surface area contributed by atoms with E-state index < -0.39 is 0 Å². The van der Waals surface area contributed by atoms with Crippen LogP contribution in [0.15, 0.2) is 12.1 Å². The zero-order chi connectivity index (χ0) is 12.1. The Kier molecular flexibility index (Phi) is 5.03. The van der Waals surface area contributed by atoms with Crippen LogP contribution in [0.3, 0.4) is 0 Å². The summed E-state index contributed by atoms with van der Waals surface area (Å²) < 4.78 is 0. The topological polar surface area (TPSA) is 36.4 Å². The van der Waals surface area contributed by atoms with E-state index in [0.717, 1.165) is 18.9 Å². The summed E-state index contributed by atoms with van der Waals surface area (Å²) in [6.07, 6.45) is 0. The number of anilines is 1. The number of aliphatic hydroxyl groups excluding tert-OH is 1. The predicted molar refractivity (Wildman–Crippen MR) is 67.9 cm³/mol. The fraction of sp³-hybridized carbons (Fsp3) is 0.583. The van der Waals surface area contributed by atoms with Crippen molar-refractivity contribution in [2.45, 2.75) is 27.4 Å². The number of aromatic nitrogens is 1. The van der Waals surface area contributed by atoms with E-state index in [1.54, 1.807) is 6.07 Å². The first-order chi connectivity index (χ1) is 7.58. The van der Waals surface area contributed by atoms with Gasteiger partial charge >= 0.3 is 0 Å². The van der Waals surface area contributed by atoms with Crippen molar-refractivity contribution in [3.8, 4) is 0 Å². The Morgan fingerprint density at radius 3 is 2.62 bits per heavy atom. The highest BCUT2D eigenvalue weighted by Gasteiger charge is 2.10. The highest BCUT2D eigenvalue weighted by Crippen LogP contribution is 2.20. The van der Waals surface area contributed by atoms with Crippen molar-refractivity contribution >= 4 is 17.4 Å². The lowest BCUT2D eigenvalue weighted by Crippen LogP contribution is -2.28. The molecule has 0 aliphatic rings. The van der Waals surface area contributed by atoms with Crippen LogP contribution in [0.5, 0.6) is 0 Å². The minimum absolute atomic E-state index is 0.119. The van der Waals surface area contributed by atoms with Crippen molar-refractivity contribution in [1.82, 2.24) is 4.98 Å². The number of halogens is 1. The molecule has 0 aliphatic heterocycles. The lowest BCUT2D eigenvalue weighted by atomic mass is 10.2. The van der Waals surface area contributed by atoms with Crippen LogP contribution in [-0.4, -0.2) is 23.2 Å². The molecule has 1 N–H and O–H groups in total. The normalized spacial score (nSPS) is 10.9. The predicted octanol–water partition coefficient (Wildman–Crippen LogP) is 2.71. The molecule has 4 heteroatoms. The zero-order valence-electron chi connectivity index (χ0n) is 10.1. The SMILES string of the molecule is CCN(CC(C)C)c1ccc(Cl)c(CO)n1. The Morgan fingerprint density at radius 1 is 1.44 bits per heavy atom. The van der Waals surface area contributed by atoms with Crippen LogP contribution in [0.1, 0.15) is 26.5 Å². The summed E-state index contributed by atoms with van der Waals surface area (Å²) in [5.41, 5.74) is 0.543. The fourth-order valence-electron chi connectivity index (χ4n) is 1.59. The highest BCUT2D eigenvalue weighted by atomic mass is 35.5. The van der Waals surface area contributed by atoms with Gasteiger partial charge in [0.2, 0.25) is 0 Å². The summed E-state index contributed by atoms with van der Waals surface area (Å²) in [5.74, 6) is 1.46. The second-order valence-electron chi connectivity index (χ2n) is 4.19. The van der Waals surface area contributed by atoms with Crippen molar-refractivity contribution in [3.05, 3.63) is 22.8 Å². The quantitative estimate of drug-likeness (QED) is 0.863. The van der Waals surface area contributed by atoms with Gasteiger partial charge in [0.25, 0.3) is 0 Å². The summed E-state index contributed by atoms with van der Waals surface area (Å²) in [4.78, 5) is 6.54. The first-order valence-electron chi connectivity index (χ1n) is 5.59. The molecule has 1 rings (SSSR count). The van der Waals surface area contributed by atoms with Gasteiger partial charge in [-0.2, -0.15) is 0 Å². The molecule has 0 aliphatic carbocycles. The third-order valence-electron chi connectivity index (χ3n) is 2.34. The second kappa shape index (κ2) is 6.06. The number of pyridine rings is 1. The van der Waals surface area contributed by atoms with Gasteiger partial charge in [0.05, 0.1) is 17.3 Å². The maximum atomic E-state index is 9.11. The Balaban J connectivity index is 2.92. The smallest absolute Gasteiger partial charge is 0.129 e. The molecular formula is C12H19ClN2O. The first kappa shape index (κ1) is 13.3. The molecule has 0 fully saturated rings. The number of nitrogens with zero attached hydrogens (tertiary/aromatic N) is 2. The van der Waals surface area contributed by atoms with Crippen molar-refractivity contribution in [3.63, 3.8) is 0 Å². The Bertz CT molecular complexity index is 342. The molecule has 0 bridgehead atoms. The second-order valence-corrected chi connectivity index (χ2v) is 4.60. The summed E-state index contributed by atoms with van der Waals surface area (Å²) >= 11 is 5.91. The molecule has 90 valence electrons. The molecule has 0 spiro atoms. The van der Waals surface area contributed by atoms with Gasteiger partial charge in [0.1, 0.15) is 5.82 Å². The van der Waals surface area contributed by atoms with E-state index in [-0.39, 0.29) is 6.61 Å². The van der Waals surface area contributed by atoms with E-state index in [1.807, 2.05) is 6.07 Å². The summed E-state index contributed by atoms with van der Waals surface area (Å²) in [7, 11) is 0. The Hall–Kier alpha value is -0.800. The summed E-state index contributed by atoms with van der Waals surface area (Å²) in [6.45, 7) is 8.17. The van der Waals surface area contributed by atoms with Gasteiger partial charge in [-0.05, 0) is 25.0 Å². The fourth-order valence-corrected chi connectivity index (χ4v) is 1.75. The van der Waals surface area contributed by atoms with Gasteiger partial charge in [-0.25, -0.2) is 4.98 Å². The van der Waals surface area contributed by atoms with Crippen molar-refractivity contribution in [2.24, 2.45) is 5.92 Å². The molecule has 0 saturated carbocycles. The maximum absolute atomic E-state index is 9.11. The van der Waals surface area contributed by atoms with Gasteiger partial charge < -0.3 is 10.0 Å². The molecule has 3 nitrogen and oxygen atoms in total. The van der Waals surface area contributed by atoms with Crippen LogP contribution in [0.25, 0.3) is 0 Å². The van der Waals surface area contributed by atoms with Gasteiger partial charge in [-0.1, -0.05) is 25.4 Å². The summed E-state index contributed by atoms with van der Waals surface area (Å²) in [5, 5.41) is 9.63. The van der Waals surface area contributed by atoms with Crippen molar-refractivity contribution in [1.29, 1.82) is 0 Å². The standard InChI is InChI=1S/C12H19ClN2O/c1-4-15(7-9(2)3)12-6-5-10(13)11(8-16)14-12/h5-6,9,16H,4,7-8H2,1-3H3. The maximum Gasteiger partial charge on any atom is 0.129 e. The van der Waals surface area contributed by atoms with Gasteiger partial charge in [0.15, 0.2) is 0 Å². The Morgan fingerprint density at radius 2 is 2.12 bits per heavy atom. The first-order valence-corrected chi connectivity index (χ1v) is 5.97. The van der Waals surface area contributed by atoms with Crippen molar-refractivity contribution < 1.29 is 5.11 Å². The number of rotatable bonds is 5. The molecule has 1 heterocycles. The van der Waals surface area contributed by atoms with E-state index in [0.29, 0.717) is 16.6 Å². The highest BCUT2D eigenvalue weighted by molar-refractivity contribution is 6.31. The lowest BCUT2D eigenvalue weighted by Gasteiger charge is -2.24.